The maximum absolute atomic E-state index is 11.2. The van der Waals surface area contributed by atoms with Crippen molar-refractivity contribution in [1.29, 1.82) is 0 Å². The van der Waals surface area contributed by atoms with E-state index in [9.17, 15) is 5.11 Å². The molecule has 6 rings (SSSR count). The Hall–Kier alpha value is -2.29. The van der Waals surface area contributed by atoms with Crippen LogP contribution in [0, 0.1) is 17.8 Å². The molecule has 3 nitrogen and oxygen atoms in total. The molecule has 4 bridgehead atoms. The van der Waals surface area contributed by atoms with E-state index >= 15 is 0 Å². The van der Waals surface area contributed by atoms with Gasteiger partial charge in [0.15, 0.2) is 0 Å². The molecule has 0 aliphatic heterocycles. The van der Waals surface area contributed by atoms with Gasteiger partial charge in [-0.1, -0.05) is 30.3 Å². The minimum atomic E-state index is 0.134. The molecule has 3 heteroatoms. The van der Waals surface area contributed by atoms with Gasteiger partial charge in [0, 0.05) is 17.3 Å². The molecule has 2 aromatic rings. The minimum absolute atomic E-state index is 0.134. The molecule has 0 saturated heterocycles. The monoisotopic (exact) mass is 375 g/mol. The summed E-state index contributed by atoms with van der Waals surface area (Å²) in [6.45, 7) is 0.615. The van der Waals surface area contributed by atoms with Crippen LogP contribution in [-0.4, -0.2) is 18.4 Å². The number of aromatic hydroxyl groups is 1. The van der Waals surface area contributed by atoms with Gasteiger partial charge in [0.1, 0.15) is 11.5 Å². The van der Waals surface area contributed by atoms with Crippen LogP contribution in [0.1, 0.15) is 55.2 Å². The van der Waals surface area contributed by atoms with Gasteiger partial charge >= 0.3 is 0 Å². The maximum Gasteiger partial charge on any atom is 0.128 e. The van der Waals surface area contributed by atoms with Crippen LogP contribution in [0.3, 0.4) is 0 Å². The molecular weight excluding hydrogens is 346 g/mol. The average molecular weight is 376 g/mol. The maximum atomic E-state index is 11.2. The van der Waals surface area contributed by atoms with Crippen molar-refractivity contribution in [3.8, 4) is 11.5 Å². The summed E-state index contributed by atoms with van der Waals surface area (Å²) in [6, 6.07) is 14.2. The van der Waals surface area contributed by atoms with E-state index in [1.165, 1.54) is 44.1 Å². The Balaban J connectivity index is 1.48. The van der Waals surface area contributed by atoms with Crippen LogP contribution in [0.5, 0.6) is 11.5 Å². The number of benzene rings is 2. The van der Waals surface area contributed by atoms with Crippen LogP contribution < -0.4 is 4.74 Å². The van der Waals surface area contributed by atoms with Gasteiger partial charge in [-0.3, -0.25) is 4.99 Å². The lowest BCUT2D eigenvalue weighted by atomic mass is 9.48. The highest BCUT2D eigenvalue weighted by Crippen LogP contribution is 2.62. The summed E-state index contributed by atoms with van der Waals surface area (Å²) in [4.78, 5) is 4.59. The van der Waals surface area contributed by atoms with Crippen molar-refractivity contribution in [3.05, 3.63) is 59.2 Å². The van der Waals surface area contributed by atoms with Crippen molar-refractivity contribution < 1.29 is 9.84 Å². The summed E-state index contributed by atoms with van der Waals surface area (Å²) in [7, 11) is 1.71. The van der Waals surface area contributed by atoms with Gasteiger partial charge in [-0.15, -0.1) is 0 Å². The van der Waals surface area contributed by atoms with Crippen LogP contribution in [-0.2, 0) is 12.0 Å². The molecule has 0 spiro atoms. The Morgan fingerprint density at radius 1 is 1.04 bits per heavy atom. The second-order valence-corrected chi connectivity index (χ2v) is 9.27. The van der Waals surface area contributed by atoms with Gasteiger partial charge in [0.25, 0.3) is 0 Å². The lowest BCUT2D eigenvalue weighted by Gasteiger charge is -2.57. The third kappa shape index (κ3) is 3.11. The molecule has 4 saturated carbocycles. The van der Waals surface area contributed by atoms with Crippen LogP contribution in [0.4, 0.5) is 0 Å². The zero-order chi connectivity index (χ0) is 19.1. The van der Waals surface area contributed by atoms with E-state index in [1.807, 2.05) is 30.5 Å². The SMILES string of the molecule is COc1cc(C=NCc2ccccc2)c(O)c(C23CC4CC(CC(C4)C2)C3)c1. The average Bonchev–Trinajstić information content (AvgIpc) is 2.69. The summed E-state index contributed by atoms with van der Waals surface area (Å²) in [6.07, 6.45) is 9.68. The molecule has 0 amide bonds. The van der Waals surface area contributed by atoms with E-state index in [0.717, 1.165) is 34.6 Å². The Morgan fingerprint density at radius 3 is 2.29 bits per heavy atom. The second-order valence-electron chi connectivity index (χ2n) is 9.27. The van der Waals surface area contributed by atoms with E-state index in [-0.39, 0.29) is 5.41 Å². The highest BCUT2D eigenvalue weighted by atomic mass is 16.5. The van der Waals surface area contributed by atoms with Gasteiger partial charge in [-0.25, -0.2) is 0 Å². The molecule has 28 heavy (non-hydrogen) atoms. The fourth-order valence-corrected chi connectivity index (χ4v) is 6.52. The van der Waals surface area contributed by atoms with Gasteiger partial charge < -0.3 is 9.84 Å². The number of hydrogen-bond acceptors (Lipinski definition) is 3. The van der Waals surface area contributed by atoms with Gasteiger partial charge in [-0.05, 0) is 79.4 Å². The normalized spacial score (nSPS) is 30.8. The number of phenolic OH excluding ortho intramolecular Hbond substituents is 1. The van der Waals surface area contributed by atoms with Crippen molar-refractivity contribution in [3.63, 3.8) is 0 Å². The number of nitrogens with zero attached hydrogens (tertiary/aromatic N) is 1. The Labute approximate surface area is 167 Å². The van der Waals surface area contributed by atoms with Crippen LogP contribution >= 0.6 is 0 Å². The standard InChI is InChI=1S/C25H29NO2/c1-28-22-10-21(16-26-15-17-5-3-2-4-6-17)24(27)23(11-22)25-12-18-7-19(13-25)9-20(8-18)14-25/h2-6,10-11,16,18-20,27H,7-9,12-15H2,1H3. The summed E-state index contributed by atoms with van der Waals surface area (Å²) in [5.74, 6) is 3.76. The van der Waals surface area contributed by atoms with Crippen LogP contribution in [0.2, 0.25) is 0 Å². The first kappa shape index (κ1) is 17.8. The third-order valence-electron chi connectivity index (χ3n) is 7.31. The topological polar surface area (TPSA) is 41.8 Å². The molecule has 0 atom stereocenters. The Morgan fingerprint density at radius 2 is 1.68 bits per heavy atom. The predicted octanol–water partition coefficient (Wildman–Crippen LogP) is 5.49. The van der Waals surface area contributed by atoms with Crippen molar-refractivity contribution in [2.75, 3.05) is 7.11 Å². The number of methoxy groups -OCH3 is 1. The fourth-order valence-electron chi connectivity index (χ4n) is 6.52. The van der Waals surface area contributed by atoms with Crippen LogP contribution in [0.15, 0.2) is 47.5 Å². The van der Waals surface area contributed by atoms with E-state index in [0.29, 0.717) is 12.3 Å². The molecule has 1 N–H and O–H groups in total. The molecule has 0 aromatic heterocycles. The smallest absolute Gasteiger partial charge is 0.128 e. The first-order valence-corrected chi connectivity index (χ1v) is 10.6. The van der Waals surface area contributed by atoms with Gasteiger partial charge in [0.2, 0.25) is 0 Å². The fraction of sp³-hybridized carbons (Fsp3) is 0.480. The van der Waals surface area contributed by atoms with Crippen molar-refractivity contribution in [2.24, 2.45) is 22.7 Å². The quantitative estimate of drug-likeness (QED) is 0.702. The Bertz CT molecular complexity index is 852. The highest BCUT2D eigenvalue weighted by Gasteiger charge is 2.52. The van der Waals surface area contributed by atoms with Crippen molar-refractivity contribution in [2.45, 2.75) is 50.5 Å². The highest BCUT2D eigenvalue weighted by molar-refractivity contribution is 5.85. The zero-order valence-electron chi connectivity index (χ0n) is 16.6. The lowest BCUT2D eigenvalue weighted by molar-refractivity contribution is -0.00622. The van der Waals surface area contributed by atoms with Crippen LogP contribution in [0.25, 0.3) is 0 Å². The van der Waals surface area contributed by atoms with Crippen molar-refractivity contribution in [1.82, 2.24) is 0 Å². The van der Waals surface area contributed by atoms with E-state index < -0.39 is 0 Å². The van der Waals surface area contributed by atoms with E-state index in [1.54, 1.807) is 7.11 Å². The Kier molecular flexibility index (Phi) is 4.41. The third-order valence-corrected chi connectivity index (χ3v) is 7.31. The van der Waals surface area contributed by atoms with Crippen molar-refractivity contribution >= 4 is 6.21 Å². The number of phenols is 1. The lowest BCUT2D eigenvalue weighted by Crippen LogP contribution is -2.48. The molecule has 4 fully saturated rings. The molecule has 0 unspecified atom stereocenters. The summed E-state index contributed by atoms with van der Waals surface area (Å²) >= 11 is 0. The molecule has 0 radical (unpaired) electrons. The second kappa shape index (κ2) is 6.95. The summed E-state index contributed by atoms with van der Waals surface area (Å²) in [5, 5.41) is 11.2. The van der Waals surface area contributed by atoms with Gasteiger partial charge in [0.05, 0.1) is 13.7 Å². The summed E-state index contributed by atoms with van der Waals surface area (Å²) < 4.78 is 5.61. The first-order valence-electron chi connectivity index (χ1n) is 10.6. The molecule has 146 valence electrons. The number of rotatable bonds is 5. The zero-order valence-corrected chi connectivity index (χ0v) is 16.6. The molecular formula is C25H29NO2. The number of ether oxygens (including phenoxy) is 1. The van der Waals surface area contributed by atoms with E-state index in [4.69, 9.17) is 4.74 Å². The first-order chi connectivity index (χ1) is 13.6. The van der Waals surface area contributed by atoms with E-state index in [2.05, 4.69) is 23.2 Å². The number of hydrogen-bond donors (Lipinski definition) is 1. The van der Waals surface area contributed by atoms with Gasteiger partial charge in [-0.2, -0.15) is 0 Å². The minimum Gasteiger partial charge on any atom is -0.507 e. The number of aliphatic imine (C=N–C) groups is 1. The molecule has 2 aromatic carbocycles. The summed E-state index contributed by atoms with van der Waals surface area (Å²) in [5.41, 5.74) is 3.19. The largest absolute Gasteiger partial charge is 0.507 e. The molecule has 4 aliphatic rings. The predicted molar refractivity (Wildman–Crippen MR) is 112 cm³/mol. The molecule has 0 heterocycles. The molecule has 4 aliphatic carbocycles.